The number of hydrogen-bond acceptors (Lipinski definition) is 5. The second kappa shape index (κ2) is 9.01. The average Bonchev–Trinajstić information content (AvgIpc) is 3.13. The maximum atomic E-state index is 12.6. The Balaban J connectivity index is 1.59. The van der Waals surface area contributed by atoms with Crippen LogP contribution in [0.25, 0.3) is 0 Å². The van der Waals surface area contributed by atoms with Crippen LogP contribution in [0.4, 0.5) is 11.5 Å². The van der Waals surface area contributed by atoms with E-state index in [4.69, 9.17) is 0 Å². The Labute approximate surface area is 161 Å². The molecule has 3 rings (SSSR count). The molecule has 1 N–H and O–H groups in total. The van der Waals surface area contributed by atoms with Crippen LogP contribution in [-0.2, 0) is 6.54 Å². The Bertz CT molecular complexity index is 731. The number of anilines is 2. The number of carbonyl (C=O) groups excluding carboxylic acids is 1. The van der Waals surface area contributed by atoms with E-state index in [0.717, 1.165) is 51.6 Å². The quantitative estimate of drug-likeness (QED) is 0.806. The van der Waals surface area contributed by atoms with Gasteiger partial charge in [-0.2, -0.15) is 5.10 Å². The summed E-state index contributed by atoms with van der Waals surface area (Å²) in [5.41, 5.74) is 1.84. The molecule has 0 aliphatic carbocycles. The molecule has 1 aromatic heterocycles. The summed E-state index contributed by atoms with van der Waals surface area (Å²) in [6.07, 6.45) is 1.71. The zero-order valence-electron chi connectivity index (χ0n) is 16.6. The van der Waals surface area contributed by atoms with Crippen LogP contribution in [0.3, 0.4) is 0 Å². The van der Waals surface area contributed by atoms with Crippen LogP contribution < -0.4 is 10.2 Å². The van der Waals surface area contributed by atoms with Gasteiger partial charge in [0, 0.05) is 50.0 Å². The summed E-state index contributed by atoms with van der Waals surface area (Å²) in [7, 11) is 4.04. The number of hydrogen-bond donors (Lipinski definition) is 1. The highest BCUT2D eigenvalue weighted by molar-refractivity contribution is 6.04. The molecule has 1 aliphatic heterocycles. The summed E-state index contributed by atoms with van der Waals surface area (Å²) < 4.78 is 1.82. The molecule has 0 atom stereocenters. The van der Waals surface area contributed by atoms with Gasteiger partial charge in [0.05, 0.1) is 12.7 Å². The number of rotatable bonds is 7. The summed E-state index contributed by atoms with van der Waals surface area (Å²) in [6, 6.07) is 9.71. The van der Waals surface area contributed by atoms with Crippen LogP contribution in [0.2, 0.25) is 0 Å². The molecule has 1 aliphatic rings. The molecule has 0 saturated carbocycles. The number of carbonyl (C=O) groups is 1. The molecule has 0 spiro atoms. The van der Waals surface area contributed by atoms with Gasteiger partial charge >= 0.3 is 0 Å². The van der Waals surface area contributed by atoms with Gasteiger partial charge in [0.15, 0.2) is 0 Å². The van der Waals surface area contributed by atoms with Crippen LogP contribution in [0.1, 0.15) is 17.3 Å². The third kappa shape index (κ3) is 5.08. The van der Waals surface area contributed by atoms with Gasteiger partial charge in [-0.1, -0.05) is 6.92 Å². The lowest BCUT2D eigenvalue weighted by atomic mass is 10.1. The molecular formula is C20H30N6O. The first kappa shape index (κ1) is 19.4. The normalized spacial score (nSPS) is 15.3. The lowest BCUT2D eigenvalue weighted by Crippen LogP contribution is -2.46. The fourth-order valence-corrected chi connectivity index (χ4v) is 3.25. The molecule has 1 amide bonds. The number of nitrogens with one attached hydrogen (secondary N) is 1. The summed E-state index contributed by atoms with van der Waals surface area (Å²) in [4.78, 5) is 19.5. The number of piperazine rings is 1. The van der Waals surface area contributed by atoms with Crippen molar-refractivity contribution in [3.63, 3.8) is 0 Å². The van der Waals surface area contributed by atoms with E-state index in [2.05, 4.69) is 32.0 Å². The molecule has 1 aromatic carbocycles. The number of likely N-dealkylation sites (N-methyl/N-ethyl adjacent to an activating group) is 2. The highest BCUT2D eigenvalue weighted by atomic mass is 16.1. The Kier molecular flexibility index (Phi) is 6.47. The fourth-order valence-electron chi connectivity index (χ4n) is 3.25. The Morgan fingerprint density at radius 1 is 1.11 bits per heavy atom. The van der Waals surface area contributed by atoms with Crippen molar-refractivity contribution in [3.05, 3.63) is 42.1 Å². The van der Waals surface area contributed by atoms with Gasteiger partial charge in [-0.05, 0) is 44.9 Å². The van der Waals surface area contributed by atoms with Crippen molar-refractivity contribution < 1.29 is 4.79 Å². The maximum absolute atomic E-state index is 12.6. The molecule has 146 valence electrons. The van der Waals surface area contributed by atoms with Crippen molar-refractivity contribution in [2.45, 2.75) is 13.5 Å². The van der Waals surface area contributed by atoms with Gasteiger partial charge in [0.1, 0.15) is 5.82 Å². The van der Waals surface area contributed by atoms with Gasteiger partial charge in [-0.15, -0.1) is 0 Å². The van der Waals surface area contributed by atoms with E-state index in [9.17, 15) is 4.79 Å². The second-order valence-electron chi connectivity index (χ2n) is 7.17. The van der Waals surface area contributed by atoms with E-state index in [1.807, 2.05) is 49.1 Å². The van der Waals surface area contributed by atoms with Crippen LogP contribution in [-0.4, -0.2) is 78.9 Å². The van der Waals surface area contributed by atoms with E-state index in [0.29, 0.717) is 5.56 Å². The number of nitrogens with zero attached hydrogens (tertiary/aromatic N) is 5. The highest BCUT2D eigenvalue weighted by Gasteiger charge is 2.16. The van der Waals surface area contributed by atoms with Crippen molar-refractivity contribution >= 4 is 17.4 Å². The number of amides is 1. The molecule has 2 aromatic rings. The van der Waals surface area contributed by atoms with Crippen molar-refractivity contribution in [1.82, 2.24) is 19.6 Å². The first-order valence-corrected chi connectivity index (χ1v) is 9.62. The topological polar surface area (TPSA) is 56.6 Å². The standard InChI is InChI=1S/C20H30N6O/c1-4-24-12-14-25(15-13-24)18-7-5-17(6-8-18)20(27)22-19-9-10-21-26(19)16-11-23(2)3/h5-10H,4,11-16H2,1-3H3,(H,22,27). The van der Waals surface area contributed by atoms with Crippen LogP contribution in [0.5, 0.6) is 0 Å². The van der Waals surface area contributed by atoms with Crippen molar-refractivity contribution in [3.8, 4) is 0 Å². The number of benzene rings is 1. The first-order chi connectivity index (χ1) is 13.1. The van der Waals surface area contributed by atoms with E-state index < -0.39 is 0 Å². The molecular weight excluding hydrogens is 340 g/mol. The van der Waals surface area contributed by atoms with Gasteiger partial charge in [0.25, 0.3) is 5.91 Å². The molecule has 0 radical (unpaired) electrons. The Morgan fingerprint density at radius 2 is 1.81 bits per heavy atom. The Morgan fingerprint density at radius 3 is 2.44 bits per heavy atom. The minimum absolute atomic E-state index is 0.107. The largest absolute Gasteiger partial charge is 0.369 e. The molecule has 1 saturated heterocycles. The molecule has 0 unspecified atom stereocenters. The minimum Gasteiger partial charge on any atom is -0.369 e. The third-order valence-corrected chi connectivity index (χ3v) is 5.03. The zero-order valence-corrected chi connectivity index (χ0v) is 16.6. The van der Waals surface area contributed by atoms with Crippen LogP contribution >= 0.6 is 0 Å². The predicted molar refractivity (Wildman–Crippen MR) is 110 cm³/mol. The molecule has 2 heterocycles. The SMILES string of the molecule is CCN1CCN(c2ccc(C(=O)Nc3ccnn3CCN(C)C)cc2)CC1. The second-order valence-corrected chi connectivity index (χ2v) is 7.17. The monoisotopic (exact) mass is 370 g/mol. The lowest BCUT2D eigenvalue weighted by molar-refractivity contribution is 0.102. The van der Waals surface area contributed by atoms with Crippen molar-refractivity contribution in [2.75, 3.05) is 63.6 Å². The summed E-state index contributed by atoms with van der Waals surface area (Å²) in [5.74, 6) is 0.616. The summed E-state index contributed by atoms with van der Waals surface area (Å²) in [6.45, 7) is 9.16. The van der Waals surface area contributed by atoms with Crippen molar-refractivity contribution in [1.29, 1.82) is 0 Å². The van der Waals surface area contributed by atoms with Crippen LogP contribution in [0, 0.1) is 0 Å². The Hall–Kier alpha value is -2.38. The zero-order chi connectivity index (χ0) is 19.2. The number of aromatic nitrogens is 2. The van der Waals surface area contributed by atoms with E-state index in [-0.39, 0.29) is 5.91 Å². The van der Waals surface area contributed by atoms with Gasteiger partial charge < -0.3 is 20.0 Å². The predicted octanol–water partition coefficient (Wildman–Crippen LogP) is 1.84. The van der Waals surface area contributed by atoms with E-state index >= 15 is 0 Å². The summed E-state index contributed by atoms with van der Waals surface area (Å²) in [5, 5.41) is 7.25. The highest BCUT2D eigenvalue weighted by Crippen LogP contribution is 2.18. The van der Waals surface area contributed by atoms with E-state index in [1.54, 1.807) is 6.20 Å². The third-order valence-electron chi connectivity index (χ3n) is 5.03. The van der Waals surface area contributed by atoms with Crippen molar-refractivity contribution in [2.24, 2.45) is 0 Å². The van der Waals surface area contributed by atoms with Gasteiger partial charge in [-0.3, -0.25) is 4.79 Å². The average molecular weight is 371 g/mol. The fraction of sp³-hybridized carbons (Fsp3) is 0.500. The molecule has 1 fully saturated rings. The molecule has 7 nitrogen and oxygen atoms in total. The van der Waals surface area contributed by atoms with Gasteiger partial charge in [-0.25, -0.2) is 4.68 Å². The molecule has 27 heavy (non-hydrogen) atoms. The first-order valence-electron chi connectivity index (χ1n) is 9.62. The molecule has 7 heteroatoms. The smallest absolute Gasteiger partial charge is 0.256 e. The lowest BCUT2D eigenvalue weighted by Gasteiger charge is -2.35. The van der Waals surface area contributed by atoms with E-state index in [1.165, 1.54) is 5.69 Å². The maximum Gasteiger partial charge on any atom is 0.256 e. The van der Waals surface area contributed by atoms with Crippen LogP contribution in [0.15, 0.2) is 36.5 Å². The molecule has 0 bridgehead atoms. The van der Waals surface area contributed by atoms with Gasteiger partial charge in [0.2, 0.25) is 0 Å². The minimum atomic E-state index is -0.107. The summed E-state index contributed by atoms with van der Waals surface area (Å²) >= 11 is 0.